The molecule has 0 saturated heterocycles. The Hall–Kier alpha value is -1.81. The fourth-order valence-corrected chi connectivity index (χ4v) is 1.95. The van der Waals surface area contributed by atoms with Crippen LogP contribution in [0.1, 0.15) is 31.1 Å². The van der Waals surface area contributed by atoms with Crippen LogP contribution in [0.2, 0.25) is 0 Å². The van der Waals surface area contributed by atoms with Crippen LogP contribution in [0.3, 0.4) is 0 Å². The van der Waals surface area contributed by atoms with Gasteiger partial charge in [0.1, 0.15) is 5.75 Å². The Morgan fingerprint density at radius 3 is 2.63 bits per heavy atom. The summed E-state index contributed by atoms with van der Waals surface area (Å²) in [5.74, 6) is 0.921. The molecule has 2 rings (SSSR count). The van der Waals surface area contributed by atoms with Crippen LogP contribution < -0.4 is 10.1 Å². The maximum absolute atomic E-state index is 5.44. The molecule has 0 fully saturated rings. The molecule has 19 heavy (non-hydrogen) atoms. The van der Waals surface area contributed by atoms with Crippen LogP contribution in [0.25, 0.3) is 0 Å². The molecule has 0 saturated carbocycles. The second kappa shape index (κ2) is 6.38. The maximum atomic E-state index is 5.44. The van der Waals surface area contributed by atoms with E-state index in [1.54, 1.807) is 0 Å². The van der Waals surface area contributed by atoms with E-state index in [1.165, 1.54) is 11.3 Å². The summed E-state index contributed by atoms with van der Waals surface area (Å²) in [6.07, 6.45) is 3.70. The van der Waals surface area contributed by atoms with Gasteiger partial charge in [-0.15, -0.1) is 0 Å². The Bertz CT molecular complexity index is 504. The van der Waals surface area contributed by atoms with Crippen LogP contribution in [0.15, 0.2) is 36.8 Å². The zero-order valence-electron chi connectivity index (χ0n) is 11.8. The summed E-state index contributed by atoms with van der Waals surface area (Å²) in [6.45, 7) is 5.66. The number of rotatable bonds is 6. The molecule has 1 aromatic carbocycles. The van der Waals surface area contributed by atoms with Crippen LogP contribution >= 0.6 is 0 Å². The summed E-state index contributed by atoms with van der Waals surface area (Å²) in [5, 5.41) is 3.49. The highest BCUT2D eigenvalue weighted by atomic mass is 16.5. The van der Waals surface area contributed by atoms with Gasteiger partial charge in [0.2, 0.25) is 0 Å². The van der Waals surface area contributed by atoms with E-state index in [-0.39, 0.29) is 0 Å². The first-order valence-corrected chi connectivity index (χ1v) is 6.62. The van der Waals surface area contributed by atoms with Crippen molar-refractivity contribution >= 4 is 0 Å². The molecule has 4 heteroatoms. The topological polar surface area (TPSA) is 39.1 Å². The number of ether oxygens (including phenoxy) is 1. The van der Waals surface area contributed by atoms with E-state index < -0.39 is 0 Å². The zero-order chi connectivity index (χ0) is 13.7. The highest BCUT2D eigenvalue weighted by molar-refractivity contribution is 5.28. The van der Waals surface area contributed by atoms with Crippen molar-refractivity contribution in [3.05, 3.63) is 48.0 Å². The third-order valence-corrected chi connectivity index (χ3v) is 3.20. The molecule has 1 atom stereocenters. The maximum Gasteiger partial charge on any atom is 0.119 e. The third-order valence-electron chi connectivity index (χ3n) is 3.20. The standard InChI is InChI=1S/C15H21N3O/c1-4-19-15-7-5-13(6-8-15)12(2)17-10-14-9-16-11-18(14)3/h5-9,11-12,17H,4,10H2,1-3H3. The number of aromatic nitrogens is 2. The van der Waals surface area contributed by atoms with E-state index in [1.807, 2.05) is 43.2 Å². The van der Waals surface area contributed by atoms with E-state index >= 15 is 0 Å². The van der Waals surface area contributed by atoms with Crippen molar-refractivity contribution < 1.29 is 4.74 Å². The van der Waals surface area contributed by atoms with Gasteiger partial charge in [-0.3, -0.25) is 0 Å². The first-order valence-electron chi connectivity index (χ1n) is 6.62. The largest absolute Gasteiger partial charge is 0.494 e. The van der Waals surface area contributed by atoms with Gasteiger partial charge in [-0.1, -0.05) is 12.1 Å². The molecule has 0 bridgehead atoms. The third kappa shape index (κ3) is 3.58. The lowest BCUT2D eigenvalue weighted by atomic mass is 10.1. The van der Waals surface area contributed by atoms with Crippen LogP contribution in [0, 0.1) is 0 Å². The molecule has 1 unspecified atom stereocenters. The second-order valence-electron chi connectivity index (χ2n) is 4.60. The smallest absolute Gasteiger partial charge is 0.119 e. The number of nitrogens with one attached hydrogen (secondary N) is 1. The number of aryl methyl sites for hydroxylation is 1. The van der Waals surface area contributed by atoms with Gasteiger partial charge in [-0.05, 0) is 31.5 Å². The summed E-state index contributed by atoms with van der Waals surface area (Å²) in [4.78, 5) is 4.11. The van der Waals surface area contributed by atoms with E-state index in [0.29, 0.717) is 12.6 Å². The van der Waals surface area contributed by atoms with Crippen molar-refractivity contribution in [3.63, 3.8) is 0 Å². The van der Waals surface area contributed by atoms with Crippen LogP contribution in [0.4, 0.5) is 0 Å². The van der Waals surface area contributed by atoms with Gasteiger partial charge >= 0.3 is 0 Å². The average Bonchev–Trinajstić information content (AvgIpc) is 2.83. The van der Waals surface area contributed by atoms with Crippen molar-refractivity contribution in [2.24, 2.45) is 7.05 Å². The number of hydrogen-bond acceptors (Lipinski definition) is 3. The van der Waals surface area contributed by atoms with Gasteiger partial charge in [0.15, 0.2) is 0 Å². The Balaban J connectivity index is 1.92. The van der Waals surface area contributed by atoms with Crippen molar-refractivity contribution in [2.75, 3.05) is 6.61 Å². The van der Waals surface area contributed by atoms with Crippen LogP contribution in [-0.4, -0.2) is 16.2 Å². The molecule has 0 spiro atoms. The molecule has 102 valence electrons. The monoisotopic (exact) mass is 259 g/mol. The van der Waals surface area contributed by atoms with Crippen molar-refractivity contribution in [3.8, 4) is 5.75 Å². The Morgan fingerprint density at radius 2 is 2.05 bits per heavy atom. The fraction of sp³-hybridized carbons (Fsp3) is 0.400. The van der Waals surface area contributed by atoms with Gasteiger partial charge in [0, 0.05) is 25.8 Å². The lowest BCUT2D eigenvalue weighted by Gasteiger charge is -2.15. The highest BCUT2D eigenvalue weighted by Gasteiger charge is 2.06. The fourth-order valence-electron chi connectivity index (χ4n) is 1.95. The van der Waals surface area contributed by atoms with E-state index in [9.17, 15) is 0 Å². The minimum absolute atomic E-state index is 0.297. The number of imidazole rings is 1. The first-order chi connectivity index (χ1) is 9.20. The summed E-state index contributed by atoms with van der Waals surface area (Å²) in [7, 11) is 2.01. The molecule has 0 amide bonds. The molecule has 0 aliphatic carbocycles. The minimum atomic E-state index is 0.297. The Morgan fingerprint density at radius 1 is 1.32 bits per heavy atom. The predicted molar refractivity (Wildman–Crippen MR) is 76.1 cm³/mol. The van der Waals surface area contributed by atoms with Crippen molar-refractivity contribution in [2.45, 2.75) is 26.4 Å². The van der Waals surface area contributed by atoms with Gasteiger partial charge in [-0.25, -0.2) is 4.98 Å². The lowest BCUT2D eigenvalue weighted by molar-refractivity contribution is 0.340. The Kier molecular flexibility index (Phi) is 4.58. The highest BCUT2D eigenvalue weighted by Crippen LogP contribution is 2.17. The summed E-state index contributed by atoms with van der Waals surface area (Å²) >= 11 is 0. The quantitative estimate of drug-likeness (QED) is 0.867. The first kappa shape index (κ1) is 13.6. The summed E-state index contributed by atoms with van der Waals surface area (Å²) in [5.41, 5.74) is 2.43. The molecular weight excluding hydrogens is 238 g/mol. The van der Waals surface area contributed by atoms with Crippen LogP contribution in [0.5, 0.6) is 5.75 Å². The van der Waals surface area contributed by atoms with Crippen LogP contribution in [-0.2, 0) is 13.6 Å². The molecule has 1 aromatic heterocycles. The zero-order valence-corrected chi connectivity index (χ0v) is 11.8. The molecular formula is C15H21N3O. The summed E-state index contributed by atoms with van der Waals surface area (Å²) < 4.78 is 7.47. The molecule has 1 N–H and O–H groups in total. The Labute approximate surface area is 114 Å². The molecule has 2 aromatic rings. The van der Waals surface area contributed by atoms with Gasteiger partial charge in [0.25, 0.3) is 0 Å². The van der Waals surface area contributed by atoms with Crippen molar-refractivity contribution in [1.29, 1.82) is 0 Å². The number of benzene rings is 1. The molecule has 0 aliphatic heterocycles. The number of hydrogen-bond donors (Lipinski definition) is 1. The second-order valence-corrected chi connectivity index (χ2v) is 4.60. The minimum Gasteiger partial charge on any atom is -0.494 e. The van der Waals surface area contributed by atoms with E-state index in [0.717, 1.165) is 12.3 Å². The number of nitrogens with zero attached hydrogens (tertiary/aromatic N) is 2. The molecule has 1 heterocycles. The molecule has 0 radical (unpaired) electrons. The van der Waals surface area contributed by atoms with E-state index in [2.05, 4.69) is 29.4 Å². The van der Waals surface area contributed by atoms with Gasteiger partial charge < -0.3 is 14.6 Å². The van der Waals surface area contributed by atoms with Crippen molar-refractivity contribution in [1.82, 2.24) is 14.9 Å². The molecule has 0 aliphatic rings. The van der Waals surface area contributed by atoms with Gasteiger partial charge in [0.05, 0.1) is 18.6 Å². The lowest BCUT2D eigenvalue weighted by Crippen LogP contribution is -2.19. The normalized spacial score (nSPS) is 12.4. The predicted octanol–water partition coefficient (Wildman–Crippen LogP) is 2.67. The van der Waals surface area contributed by atoms with E-state index in [4.69, 9.17) is 4.74 Å². The summed E-state index contributed by atoms with van der Waals surface area (Å²) in [6, 6.07) is 8.53. The average molecular weight is 259 g/mol. The molecule has 4 nitrogen and oxygen atoms in total. The SMILES string of the molecule is CCOc1ccc(C(C)NCc2cncn2C)cc1. The van der Waals surface area contributed by atoms with Gasteiger partial charge in [-0.2, -0.15) is 0 Å².